The van der Waals surface area contributed by atoms with Crippen molar-refractivity contribution in [3.05, 3.63) is 101 Å². The zero-order chi connectivity index (χ0) is 22.3. The first-order valence-electron chi connectivity index (χ1n) is 10.8. The van der Waals surface area contributed by atoms with Crippen LogP contribution in [-0.2, 0) is 19.4 Å². The second kappa shape index (κ2) is 10.4. The fourth-order valence-electron chi connectivity index (χ4n) is 3.95. The molecule has 2 aromatic carbocycles. The van der Waals surface area contributed by atoms with Crippen LogP contribution in [0.1, 0.15) is 22.4 Å². The number of nitrogens with one attached hydrogen (secondary N) is 2. The summed E-state index contributed by atoms with van der Waals surface area (Å²) in [7, 11) is 0. The smallest absolute Gasteiger partial charge is 0.169 e. The molecule has 0 radical (unpaired) electrons. The van der Waals surface area contributed by atoms with Gasteiger partial charge in [0, 0.05) is 48.6 Å². The van der Waals surface area contributed by atoms with Crippen LogP contribution in [0.2, 0.25) is 0 Å². The highest BCUT2D eigenvalue weighted by atomic mass is 32.1. The minimum Gasteiger partial charge on any atom is -0.362 e. The summed E-state index contributed by atoms with van der Waals surface area (Å²) in [5, 5.41) is 5.08. The molecule has 0 spiro atoms. The van der Waals surface area contributed by atoms with Gasteiger partial charge in [0.05, 0.1) is 0 Å². The molecule has 2 aromatic heterocycles. The zero-order valence-corrected chi connectivity index (χ0v) is 19.0. The summed E-state index contributed by atoms with van der Waals surface area (Å²) >= 11 is 5.77. The van der Waals surface area contributed by atoms with Crippen LogP contribution in [0.15, 0.2) is 73.1 Å². The molecule has 0 bridgehead atoms. The Morgan fingerprint density at radius 3 is 2.59 bits per heavy atom. The van der Waals surface area contributed by atoms with Gasteiger partial charge < -0.3 is 15.2 Å². The molecule has 2 heterocycles. The molecule has 4 aromatic rings. The van der Waals surface area contributed by atoms with Gasteiger partial charge in [-0.05, 0) is 79.0 Å². The number of aromatic nitrogens is 2. The Bertz CT molecular complexity index is 1170. The number of thiocarbonyl (C=S) groups is 1. The van der Waals surface area contributed by atoms with Crippen LogP contribution >= 0.6 is 12.2 Å². The quantitative estimate of drug-likeness (QED) is 0.367. The molecule has 4 rings (SSSR count). The molecular formula is C26H27FN4S. The minimum absolute atomic E-state index is 0.218. The lowest BCUT2D eigenvalue weighted by Crippen LogP contribution is -2.41. The van der Waals surface area contributed by atoms with Gasteiger partial charge in [-0.15, -0.1) is 0 Å². The number of H-pyrrole nitrogens is 1. The summed E-state index contributed by atoms with van der Waals surface area (Å²) < 4.78 is 13.9. The Morgan fingerprint density at radius 2 is 1.81 bits per heavy atom. The van der Waals surface area contributed by atoms with Crippen molar-refractivity contribution in [1.29, 1.82) is 0 Å². The molecule has 4 nitrogen and oxygen atoms in total. The van der Waals surface area contributed by atoms with E-state index < -0.39 is 0 Å². The predicted molar refractivity (Wildman–Crippen MR) is 132 cm³/mol. The fourth-order valence-corrected chi connectivity index (χ4v) is 4.21. The molecule has 2 N–H and O–H groups in total. The molecule has 0 aliphatic heterocycles. The Hall–Kier alpha value is -3.25. The third kappa shape index (κ3) is 5.51. The number of pyridine rings is 1. The van der Waals surface area contributed by atoms with Crippen LogP contribution in [-0.4, -0.2) is 33.1 Å². The summed E-state index contributed by atoms with van der Waals surface area (Å²) in [6, 6.07) is 19.3. The van der Waals surface area contributed by atoms with Crippen LogP contribution in [0.25, 0.3) is 10.9 Å². The van der Waals surface area contributed by atoms with Gasteiger partial charge in [0.15, 0.2) is 5.11 Å². The number of benzene rings is 2. The first kappa shape index (κ1) is 22.0. The van der Waals surface area contributed by atoms with Crippen molar-refractivity contribution < 1.29 is 4.39 Å². The van der Waals surface area contributed by atoms with E-state index in [1.54, 1.807) is 24.5 Å². The lowest BCUT2D eigenvalue weighted by atomic mass is 10.1. The number of aromatic amines is 1. The molecule has 164 valence electrons. The largest absolute Gasteiger partial charge is 0.362 e. The molecule has 0 amide bonds. The van der Waals surface area contributed by atoms with Crippen molar-refractivity contribution in [3.63, 3.8) is 0 Å². The molecule has 0 saturated carbocycles. The Balaban J connectivity index is 1.46. The van der Waals surface area contributed by atoms with Gasteiger partial charge in [-0.2, -0.15) is 0 Å². The van der Waals surface area contributed by atoms with Crippen LogP contribution < -0.4 is 5.32 Å². The molecule has 32 heavy (non-hydrogen) atoms. The van der Waals surface area contributed by atoms with Gasteiger partial charge in [0.25, 0.3) is 0 Å². The van der Waals surface area contributed by atoms with Gasteiger partial charge in [0.2, 0.25) is 0 Å². The third-order valence-corrected chi connectivity index (χ3v) is 6.06. The van der Waals surface area contributed by atoms with Crippen LogP contribution in [0.4, 0.5) is 4.39 Å². The highest BCUT2D eigenvalue weighted by molar-refractivity contribution is 7.80. The van der Waals surface area contributed by atoms with Crippen molar-refractivity contribution in [1.82, 2.24) is 20.2 Å². The van der Waals surface area contributed by atoms with Crippen molar-refractivity contribution in [2.45, 2.75) is 26.3 Å². The van der Waals surface area contributed by atoms with Crippen LogP contribution in [0.5, 0.6) is 0 Å². The third-order valence-electron chi connectivity index (χ3n) is 5.66. The van der Waals surface area contributed by atoms with E-state index in [9.17, 15) is 4.39 Å². The van der Waals surface area contributed by atoms with Crippen LogP contribution in [0, 0.1) is 12.7 Å². The average Bonchev–Trinajstić information content (AvgIpc) is 3.12. The predicted octanol–water partition coefficient (Wildman–Crippen LogP) is 5.17. The molecule has 0 atom stereocenters. The van der Waals surface area contributed by atoms with E-state index in [0.29, 0.717) is 6.54 Å². The van der Waals surface area contributed by atoms with Crippen molar-refractivity contribution in [3.8, 4) is 0 Å². The summed E-state index contributed by atoms with van der Waals surface area (Å²) in [6.07, 6.45) is 5.27. The van der Waals surface area contributed by atoms with E-state index in [1.807, 2.05) is 25.1 Å². The monoisotopic (exact) mass is 446 g/mol. The summed E-state index contributed by atoms with van der Waals surface area (Å²) in [5.41, 5.74) is 5.58. The topological polar surface area (TPSA) is 44.0 Å². The molecule has 0 unspecified atom stereocenters. The molecule has 0 aliphatic rings. The molecule has 0 saturated heterocycles. The molecular weight excluding hydrogens is 419 g/mol. The van der Waals surface area contributed by atoms with E-state index >= 15 is 0 Å². The van der Waals surface area contributed by atoms with Gasteiger partial charge >= 0.3 is 0 Å². The normalized spacial score (nSPS) is 10.9. The highest BCUT2D eigenvalue weighted by Crippen LogP contribution is 2.24. The first-order chi connectivity index (χ1) is 15.6. The standard InChI is InChI=1S/C26H27FN4S/c1-19-23(24-17-22(27)7-8-25(24)30-19)12-16-31(18-21-9-13-28-14-10-21)26(32)29-15-11-20-5-3-2-4-6-20/h2-10,13-14,17,30H,11-12,15-16,18H2,1H3,(H,29,32). The Kier molecular flexibility index (Phi) is 7.12. The molecule has 6 heteroatoms. The van der Waals surface area contributed by atoms with E-state index in [2.05, 4.69) is 44.5 Å². The lowest BCUT2D eigenvalue weighted by Gasteiger charge is -2.26. The maximum Gasteiger partial charge on any atom is 0.169 e. The number of hydrogen-bond acceptors (Lipinski definition) is 2. The van der Waals surface area contributed by atoms with Gasteiger partial charge in [-0.3, -0.25) is 4.98 Å². The summed E-state index contributed by atoms with van der Waals surface area (Å²) in [6.45, 7) is 4.23. The SMILES string of the molecule is Cc1[nH]c2ccc(F)cc2c1CCN(Cc1ccncc1)C(=S)NCCc1ccccc1. The number of hydrogen-bond donors (Lipinski definition) is 2. The number of rotatable bonds is 8. The summed E-state index contributed by atoms with van der Waals surface area (Å²) in [5.74, 6) is -0.218. The Labute approximate surface area is 193 Å². The number of aryl methyl sites for hydroxylation is 1. The minimum atomic E-state index is -0.218. The second-order valence-corrected chi connectivity index (χ2v) is 8.30. The first-order valence-corrected chi connectivity index (χ1v) is 11.2. The maximum atomic E-state index is 13.9. The molecule has 0 aliphatic carbocycles. The van der Waals surface area contributed by atoms with E-state index in [-0.39, 0.29) is 5.82 Å². The average molecular weight is 447 g/mol. The van der Waals surface area contributed by atoms with Crippen molar-refractivity contribution in [2.75, 3.05) is 13.1 Å². The molecule has 0 fully saturated rings. The number of fused-ring (bicyclic) bond motifs is 1. The van der Waals surface area contributed by atoms with E-state index in [0.717, 1.165) is 58.8 Å². The Morgan fingerprint density at radius 1 is 1.03 bits per heavy atom. The van der Waals surface area contributed by atoms with E-state index in [4.69, 9.17) is 12.2 Å². The number of nitrogens with zero attached hydrogens (tertiary/aromatic N) is 2. The van der Waals surface area contributed by atoms with Gasteiger partial charge in [-0.25, -0.2) is 4.39 Å². The van der Waals surface area contributed by atoms with Crippen molar-refractivity contribution in [2.24, 2.45) is 0 Å². The van der Waals surface area contributed by atoms with Crippen molar-refractivity contribution >= 4 is 28.2 Å². The van der Waals surface area contributed by atoms with Crippen LogP contribution in [0.3, 0.4) is 0 Å². The van der Waals surface area contributed by atoms with Gasteiger partial charge in [0.1, 0.15) is 5.82 Å². The lowest BCUT2D eigenvalue weighted by molar-refractivity contribution is 0.409. The zero-order valence-electron chi connectivity index (χ0n) is 18.1. The fraction of sp³-hybridized carbons (Fsp3) is 0.231. The second-order valence-electron chi connectivity index (χ2n) is 7.91. The maximum absolute atomic E-state index is 13.9. The number of halogens is 1. The highest BCUT2D eigenvalue weighted by Gasteiger charge is 2.14. The summed E-state index contributed by atoms with van der Waals surface area (Å²) in [4.78, 5) is 9.66. The van der Waals surface area contributed by atoms with E-state index in [1.165, 1.54) is 11.6 Å². The van der Waals surface area contributed by atoms with Gasteiger partial charge in [-0.1, -0.05) is 30.3 Å².